The average Bonchev–Trinajstić information content (AvgIpc) is 2.90. The average molecular weight is 497 g/mol. The summed E-state index contributed by atoms with van der Waals surface area (Å²) in [6.45, 7) is 1.58. The Bertz CT molecular complexity index is 1380. The van der Waals surface area contributed by atoms with Gasteiger partial charge in [-0.25, -0.2) is 0 Å². The van der Waals surface area contributed by atoms with Gasteiger partial charge in [0, 0.05) is 24.2 Å². The Kier molecular flexibility index (Phi) is 8.49. The molecule has 0 fully saturated rings. The molecule has 0 radical (unpaired) electrons. The molecular formula is C30H28N2O5. The molecule has 0 aromatic heterocycles. The second kappa shape index (κ2) is 12.4. The number of ether oxygens (including phenoxy) is 2. The number of esters is 1. The summed E-state index contributed by atoms with van der Waals surface area (Å²) in [5.41, 5.74) is 2.35. The van der Waals surface area contributed by atoms with Gasteiger partial charge in [-0.2, -0.15) is 0 Å². The number of carbonyl (C=O) groups excluding carboxylic acids is 3. The first-order chi connectivity index (χ1) is 17.9. The van der Waals surface area contributed by atoms with Crippen LogP contribution in [0.4, 0.5) is 11.4 Å². The summed E-state index contributed by atoms with van der Waals surface area (Å²) in [4.78, 5) is 36.0. The lowest BCUT2D eigenvalue weighted by atomic mass is 10.1. The first-order valence-corrected chi connectivity index (χ1v) is 12.0. The van der Waals surface area contributed by atoms with Crippen molar-refractivity contribution in [2.45, 2.75) is 26.2 Å². The third kappa shape index (κ3) is 7.93. The molecule has 0 heterocycles. The molecule has 4 aromatic rings. The van der Waals surface area contributed by atoms with E-state index in [0.29, 0.717) is 23.5 Å². The molecule has 7 heteroatoms. The lowest BCUT2D eigenvalue weighted by Gasteiger charge is -2.09. The van der Waals surface area contributed by atoms with Crippen molar-refractivity contribution in [2.75, 3.05) is 17.2 Å². The summed E-state index contributed by atoms with van der Waals surface area (Å²) in [6.07, 6.45) is 0.511. The van der Waals surface area contributed by atoms with Gasteiger partial charge in [0.1, 0.15) is 11.5 Å². The fourth-order valence-corrected chi connectivity index (χ4v) is 3.64. The van der Waals surface area contributed by atoms with Gasteiger partial charge in [0.05, 0.1) is 0 Å². The molecule has 188 valence electrons. The maximum Gasteiger partial charge on any atom is 0.306 e. The second-order valence-corrected chi connectivity index (χ2v) is 8.61. The van der Waals surface area contributed by atoms with Gasteiger partial charge < -0.3 is 20.1 Å². The summed E-state index contributed by atoms with van der Waals surface area (Å²) < 4.78 is 10.9. The van der Waals surface area contributed by atoms with E-state index in [1.165, 1.54) is 0 Å². The number of carbonyl (C=O) groups is 3. The molecule has 0 bridgehead atoms. The Morgan fingerprint density at radius 1 is 0.676 bits per heavy atom. The van der Waals surface area contributed by atoms with Gasteiger partial charge in [-0.05, 0) is 72.6 Å². The van der Waals surface area contributed by atoms with Crippen LogP contribution in [0, 0.1) is 6.92 Å². The standard InChI is InChI=1S/C30H28N2O5/c1-21-9-12-24(13-10-21)32-29(34)20-36-30(35)8-4-7-28(33)31-25-14-17-26(18-15-25)37-27-16-11-22-5-2-3-6-23(22)19-27/h2-3,5-6,9-19H,4,7-8,20H2,1H3,(H,31,33)(H,32,34). The van der Waals surface area contributed by atoms with Crippen molar-refractivity contribution in [1.29, 1.82) is 0 Å². The van der Waals surface area contributed by atoms with Crippen LogP contribution in [-0.4, -0.2) is 24.4 Å². The molecule has 2 N–H and O–H groups in total. The van der Waals surface area contributed by atoms with Crippen molar-refractivity contribution in [3.63, 3.8) is 0 Å². The molecule has 0 aliphatic rings. The molecule has 0 atom stereocenters. The number of fused-ring (bicyclic) bond motifs is 1. The van der Waals surface area contributed by atoms with Crippen LogP contribution in [-0.2, 0) is 19.1 Å². The smallest absolute Gasteiger partial charge is 0.306 e. The van der Waals surface area contributed by atoms with Gasteiger partial charge in [0.2, 0.25) is 5.91 Å². The van der Waals surface area contributed by atoms with Crippen LogP contribution in [0.15, 0.2) is 91.0 Å². The van der Waals surface area contributed by atoms with Crippen molar-refractivity contribution >= 4 is 39.9 Å². The summed E-state index contributed by atoms with van der Waals surface area (Å²) in [7, 11) is 0. The maximum absolute atomic E-state index is 12.2. The van der Waals surface area contributed by atoms with E-state index in [1.54, 1.807) is 36.4 Å². The van der Waals surface area contributed by atoms with Gasteiger partial charge in [-0.3, -0.25) is 14.4 Å². The minimum atomic E-state index is -0.526. The van der Waals surface area contributed by atoms with Crippen LogP contribution >= 0.6 is 0 Å². The molecule has 4 aromatic carbocycles. The summed E-state index contributed by atoms with van der Waals surface area (Å²) in [5.74, 6) is 0.232. The lowest BCUT2D eigenvalue weighted by Crippen LogP contribution is -2.21. The molecule has 37 heavy (non-hydrogen) atoms. The van der Waals surface area contributed by atoms with E-state index in [1.807, 2.05) is 61.5 Å². The zero-order chi connectivity index (χ0) is 26.0. The highest BCUT2D eigenvalue weighted by atomic mass is 16.5. The largest absolute Gasteiger partial charge is 0.457 e. The Hall–Kier alpha value is -4.65. The predicted molar refractivity (Wildman–Crippen MR) is 144 cm³/mol. The molecule has 0 saturated carbocycles. The Morgan fingerprint density at radius 3 is 2.03 bits per heavy atom. The van der Waals surface area contributed by atoms with Crippen LogP contribution in [0.3, 0.4) is 0 Å². The number of anilines is 2. The summed E-state index contributed by atoms with van der Waals surface area (Å²) in [6, 6.07) is 28.4. The van der Waals surface area contributed by atoms with Gasteiger partial charge in [-0.15, -0.1) is 0 Å². The van der Waals surface area contributed by atoms with Crippen LogP contribution in [0.1, 0.15) is 24.8 Å². The van der Waals surface area contributed by atoms with Gasteiger partial charge in [0.25, 0.3) is 5.91 Å². The monoisotopic (exact) mass is 496 g/mol. The van der Waals surface area contributed by atoms with E-state index in [0.717, 1.165) is 22.1 Å². The van der Waals surface area contributed by atoms with E-state index in [2.05, 4.69) is 10.6 Å². The van der Waals surface area contributed by atoms with E-state index in [-0.39, 0.29) is 25.4 Å². The molecule has 0 aliphatic carbocycles. The number of hydrogen-bond acceptors (Lipinski definition) is 5. The van der Waals surface area contributed by atoms with Crippen LogP contribution in [0.25, 0.3) is 10.8 Å². The first kappa shape index (κ1) is 25.4. The Morgan fingerprint density at radius 2 is 1.30 bits per heavy atom. The van der Waals surface area contributed by atoms with Crippen molar-refractivity contribution in [3.8, 4) is 11.5 Å². The van der Waals surface area contributed by atoms with E-state index in [4.69, 9.17) is 9.47 Å². The highest BCUT2D eigenvalue weighted by molar-refractivity contribution is 5.93. The maximum atomic E-state index is 12.2. The number of hydrogen-bond donors (Lipinski definition) is 2. The number of nitrogens with one attached hydrogen (secondary N) is 2. The van der Waals surface area contributed by atoms with Gasteiger partial charge >= 0.3 is 5.97 Å². The number of benzene rings is 4. The zero-order valence-corrected chi connectivity index (χ0v) is 20.5. The SMILES string of the molecule is Cc1ccc(NC(=O)COC(=O)CCCC(=O)Nc2ccc(Oc3ccc4ccccc4c3)cc2)cc1. The highest BCUT2D eigenvalue weighted by Crippen LogP contribution is 2.26. The van der Waals surface area contributed by atoms with Gasteiger partial charge in [-0.1, -0.05) is 48.0 Å². The predicted octanol–water partition coefficient (Wildman–Crippen LogP) is 6.23. The quantitative estimate of drug-likeness (QED) is 0.254. The zero-order valence-electron chi connectivity index (χ0n) is 20.5. The van der Waals surface area contributed by atoms with E-state index < -0.39 is 11.9 Å². The van der Waals surface area contributed by atoms with E-state index >= 15 is 0 Å². The number of amides is 2. The van der Waals surface area contributed by atoms with Crippen molar-refractivity contribution < 1.29 is 23.9 Å². The van der Waals surface area contributed by atoms with Crippen molar-refractivity contribution in [3.05, 3.63) is 96.6 Å². The topological polar surface area (TPSA) is 93.7 Å². The molecule has 7 nitrogen and oxygen atoms in total. The lowest BCUT2D eigenvalue weighted by molar-refractivity contribution is -0.147. The number of aryl methyl sites for hydroxylation is 1. The molecule has 0 spiro atoms. The minimum absolute atomic E-state index is 0.0454. The van der Waals surface area contributed by atoms with Crippen molar-refractivity contribution in [2.24, 2.45) is 0 Å². The van der Waals surface area contributed by atoms with Crippen molar-refractivity contribution in [1.82, 2.24) is 0 Å². The molecule has 0 saturated heterocycles. The van der Waals surface area contributed by atoms with Crippen LogP contribution in [0.2, 0.25) is 0 Å². The third-order valence-electron chi connectivity index (χ3n) is 5.58. The molecule has 0 unspecified atom stereocenters. The van der Waals surface area contributed by atoms with Gasteiger partial charge in [0.15, 0.2) is 6.61 Å². The Labute approximate surface area is 215 Å². The molecule has 0 aliphatic heterocycles. The summed E-state index contributed by atoms with van der Waals surface area (Å²) in [5, 5.41) is 7.70. The summed E-state index contributed by atoms with van der Waals surface area (Å²) >= 11 is 0. The van der Waals surface area contributed by atoms with Crippen LogP contribution < -0.4 is 15.4 Å². The number of rotatable bonds is 10. The molecular weight excluding hydrogens is 468 g/mol. The first-order valence-electron chi connectivity index (χ1n) is 12.0. The third-order valence-corrected chi connectivity index (χ3v) is 5.58. The molecule has 4 rings (SSSR count). The molecule has 2 amide bonds. The normalized spacial score (nSPS) is 10.5. The fourth-order valence-electron chi connectivity index (χ4n) is 3.64. The van der Waals surface area contributed by atoms with Crippen LogP contribution in [0.5, 0.6) is 11.5 Å². The fraction of sp³-hybridized carbons (Fsp3) is 0.167. The van der Waals surface area contributed by atoms with E-state index in [9.17, 15) is 14.4 Å². The highest BCUT2D eigenvalue weighted by Gasteiger charge is 2.10. The second-order valence-electron chi connectivity index (χ2n) is 8.61. The Balaban J connectivity index is 1.14. The minimum Gasteiger partial charge on any atom is -0.457 e.